The van der Waals surface area contributed by atoms with Crippen molar-refractivity contribution < 1.29 is 23.8 Å². The number of halogens is 1. The Bertz CT molecular complexity index is 811. The molecule has 130 valence electrons. The first kappa shape index (κ1) is 17.0. The molecule has 0 bridgehead atoms. The molecule has 8 heteroatoms. The molecule has 1 aromatic heterocycles. The van der Waals surface area contributed by atoms with Gasteiger partial charge in [0.25, 0.3) is 5.91 Å². The smallest absolute Gasteiger partial charge is 0.342 e. The number of hydrogen-bond acceptors (Lipinski definition) is 6. The number of hydrogen-bond donors (Lipinski definition) is 1. The topological polar surface area (TPSA) is 86.8 Å². The number of ether oxygens (including phenoxy) is 3. The van der Waals surface area contributed by atoms with Crippen LogP contribution in [-0.2, 0) is 16.1 Å². The third-order valence-corrected chi connectivity index (χ3v) is 3.84. The van der Waals surface area contributed by atoms with Crippen molar-refractivity contribution in [1.29, 1.82) is 0 Å². The number of benzene rings is 1. The van der Waals surface area contributed by atoms with Gasteiger partial charge in [-0.05, 0) is 36.8 Å². The van der Waals surface area contributed by atoms with Gasteiger partial charge in [-0.25, -0.2) is 9.78 Å². The number of nitrogens with one attached hydrogen (secondary N) is 1. The van der Waals surface area contributed by atoms with Crippen molar-refractivity contribution >= 4 is 23.5 Å². The number of nitrogens with zero attached hydrogens (tertiary/aromatic N) is 1. The lowest BCUT2D eigenvalue weighted by Gasteiger charge is -2.14. The zero-order valence-corrected chi connectivity index (χ0v) is 14.1. The first-order valence-electron chi connectivity index (χ1n) is 7.52. The molecule has 0 spiro atoms. The van der Waals surface area contributed by atoms with Gasteiger partial charge in [0.1, 0.15) is 5.15 Å². The predicted molar refractivity (Wildman–Crippen MR) is 88.5 cm³/mol. The average Bonchev–Trinajstić information content (AvgIpc) is 3.07. The summed E-state index contributed by atoms with van der Waals surface area (Å²) in [5, 5.41) is 2.73. The fourth-order valence-electron chi connectivity index (χ4n) is 2.20. The highest BCUT2D eigenvalue weighted by Crippen LogP contribution is 2.32. The molecule has 0 unspecified atom stereocenters. The van der Waals surface area contributed by atoms with Gasteiger partial charge in [-0.2, -0.15) is 0 Å². The van der Waals surface area contributed by atoms with Gasteiger partial charge in [-0.15, -0.1) is 0 Å². The van der Waals surface area contributed by atoms with Crippen molar-refractivity contribution in [3.63, 3.8) is 0 Å². The Kier molecular flexibility index (Phi) is 5.04. The van der Waals surface area contributed by atoms with Crippen molar-refractivity contribution in [3.05, 3.63) is 52.8 Å². The third-order valence-electron chi connectivity index (χ3n) is 3.54. The fourth-order valence-corrected chi connectivity index (χ4v) is 2.40. The van der Waals surface area contributed by atoms with Crippen molar-refractivity contribution in [2.45, 2.75) is 19.6 Å². The molecular formula is C17H15ClN2O5. The van der Waals surface area contributed by atoms with E-state index in [1.165, 1.54) is 19.2 Å². The molecule has 0 radical (unpaired) electrons. The predicted octanol–water partition coefficient (Wildman–Crippen LogP) is 2.33. The van der Waals surface area contributed by atoms with E-state index in [0.29, 0.717) is 11.5 Å². The molecule has 1 aromatic carbocycles. The second kappa shape index (κ2) is 7.40. The molecule has 0 aliphatic carbocycles. The lowest BCUT2D eigenvalue weighted by molar-refractivity contribution is -0.129. The first-order chi connectivity index (χ1) is 12.0. The van der Waals surface area contributed by atoms with Crippen LogP contribution in [0.25, 0.3) is 0 Å². The Balaban J connectivity index is 1.54. The van der Waals surface area contributed by atoms with E-state index >= 15 is 0 Å². The van der Waals surface area contributed by atoms with Crippen LogP contribution in [0.2, 0.25) is 5.15 Å². The van der Waals surface area contributed by atoms with Crippen molar-refractivity contribution in [2.24, 2.45) is 0 Å². The average molecular weight is 363 g/mol. The van der Waals surface area contributed by atoms with Gasteiger partial charge >= 0.3 is 5.97 Å². The minimum absolute atomic E-state index is 0.0282. The van der Waals surface area contributed by atoms with Gasteiger partial charge in [0.2, 0.25) is 6.79 Å². The first-order valence-corrected chi connectivity index (χ1v) is 7.90. The Morgan fingerprint density at radius 2 is 2.12 bits per heavy atom. The molecule has 0 saturated carbocycles. The maximum Gasteiger partial charge on any atom is 0.342 e. The number of rotatable bonds is 5. The van der Waals surface area contributed by atoms with Crippen LogP contribution in [0.1, 0.15) is 22.8 Å². The number of aromatic nitrogens is 1. The normalized spacial score (nSPS) is 13.2. The summed E-state index contributed by atoms with van der Waals surface area (Å²) in [4.78, 5) is 27.9. The summed E-state index contributed by atoms with van der Waals surface area (Å²) in [6.07, 6.45) is 0.485. The zero-order chi connectivity index (χ0) is 17.8. The quantitative estimate of drug-likeness (QED) is 0.649. The molecule has 3 rings (SSSR count). The second-order valence-corrected chi connectivity index (χ2v) is 5.65. The molecule has 7 nitrogen and oxygen atoms in total. The largest absolute Gasteiger partial charge is 0.454 e. The van der Waals surface area contributed by atoms with Gasteiger partial charge in [0, 0.05) is 12.7 Å². The van der Waals surface area contributed by atoms with E-state index in [1.54, 1.807) is 18.2 Å². The van der Waals surface area contributed by atoms with E-state index in [4.69, 9.17) is 25.8 Å². The lowest BCUT2D eigenvalue weighted by atomic mass is 10.2. The Labute approximate surface area is 148 Å². The molecule has 0 saturated heterocycles. The summed E-state index contributed by atoms with van der Waals surface area (Å²) < 4.78 is 15.6. The van der Waals surface area contributed by atoms with E-state index in [9.17, 15) is 9.59 Å². The number of carbonyl (C=O) groups is 2. The van der Waals surface area contributed by atoms with Gasteiger partial charge in [0.15, 0.2) is 17.6 Å². The van der Waals surface area contributed by atoms with Gasteiger partial charge in [0.05, 0.1) is 5.56 Å². The zero-order valence-electron chi connectivity index (χ0n) is 13.3. The lowest BCUT2D eigenvalue weighted by Crippen LogP contribution is -2.35. The number of fused-ring (bicyclic) bond motifs is 1. The minimum Gasteiger partial charge on any atom is -0.454 e. The van der Waals surface area contributed by atoms with E-state index < -0.39 is 18.0 Å². The summed E-state index contributed by atoms with van der Waals surface area (Å²) in [5.74, 6) is 0.179. The van der Waals surface area contributed by atoms with Gasteiger partial charge in [-0.3, -0.25) is 4.79 Å². The van der Waals surface area contributed by atoms with Crippen LogP contribution in [0.3, 0.4) is 0 Å². The molecule has 1 N–H and O–H groups in total. The van der Waals surface area contributed by atoms with Crippen LogP contribution >= 0.6 is 11.6 Å². The van der Waals surface area contributed by atoms with Crippen LogP contribution < -0.4 is 14.8 Å². The summed E-state index contributed by atoms with van der Waals surface area (Å²) in [6.45, 7) is 1.94. The highest BCUT2D eigenvalue weighted by molar-refractivity contribution is 6.32. The van der Waals surface area contributed by atoms with Crippen molar-refractivity contribution in [1.82, 2.24) is 10.3 Å². The van der Waals surface area contributed by atoms with Crippen LogP contribution in [0.15, 0.2) is 36.5 Å². The number of amides is 1. The molecular weight excluding hydrogens is 348 g/mol. The maximum atomic E-state index is 12.1. The maximum absolute atomic E-state index is 12.1. The minimum atomic E-state index is -0.974. The monoisotopic (exact) mass is 362 g/mol. The van der Waals surface area contributed by atoms with Crippen LogP contribution in [0.4, 0.5) is 0 Å². The standard InChI is InChI=1S/C17H15ClN2O5/c1-10(25-17(22)12-3-2-6-19-15(12)18)16(21)20-8-11-4-5-13-14(7-11)24-9-23-13/h2-7,10H,8-9H2,1H3,(H,20,21)/t10-/m1/s1. The van der Waals surface area contributed by atoms with Crippen LogP contribution in [0, 0.1) is 0 Å². The van der Waals surface area contributed by atoms with E-state index in [-0.39, 0.29) is 24.1 Å². The van der Waals surface area contributed by atoms with Gasteiger partial charge in [-0.1, -0.05) is 17.7 Å². The molecule has 0 fully saturated rings. The molecule has 2 heterocycles. The summed E-state index contributed by atoms with van der Waals surface area (Å²) in [7, 11) is 0. The Morgan fingerprint density at radius 3 is 2.92 bits per heavy atom. The summed E-state index contributed by atoms with van der Waals surface area (Å²) >= 11 is 5.84. The second-order valence-electron chi connectivity index (χ2n) is 5.29. The van der Waals surface area contributed by atoms with Crippen molar-refractivity contribution in [2.75, 3.05) is 6.79 Å². The van der Waals surface area contributed by atoms with Crippen molar-refractivity contribution in [3.8, 4) is 11.5 Å². The molecule has 1 amide bonds. The molecule has 1 atom stereocenters. The van der Waals surface area contributed by atoms with Gasteiger partial charge < -0.3 is 19.5 Å². The SMILES string of the molecule is C[C@@H](OC(=O)c1cccnc1Cl)C(=O)NCc1ccc2c(c1)OCO2. The van der Waals surface area contributed by atoms with E-state index in [0.717, 1.165) is 5.56 Å². The van der Waals surface area contributed by atoms with Crippen LogP contribution in [0.5, 0.6) is 11.5 Å². The fraction of sp³-hybridized carbons (Fsp3) is 0.235. The number of carbonyl (C=O) groups excluding carboxylic acids is 2. The molecule has 1 aliphatic rings. The number of pyridine rings is 1. The highest BCUT2D eigenvalue weighted by atomic mass is 35.5. The highest BCUT2D eigenvalue weighted by Gasteiger charge is 2.21. The Hall–Kier alpha value is -2.80. The summed E-state index contributed by atoms with van der Waals surface area (Å²) in [5.41, 5.74) is 0.950. The Morgan fingerprint density at radius 1 is 1.32 bits per heavy atom. The molecule has 1 aliphatic heterocycles. The third kappa shape index (κ3) is 4.00. The van der Waals surface area contributed by atoms with Crippen LogP contribution in [-0.4, -0.2) is 29.8 Å². The summed E-state index contributed by atoms with van der Waals surface area (Å²) in [6, 6.07) is 8.42. The molecule has 2 aromatic rings. The molecule has 25 heavy (non-hydrogen) atoms. The number of esters is 1. The van der Waals surface area contributed by atoms with E-state index in [2.05, 4.69) is 10.3 Å². The van der Waals surface area contributed by atoms with E-state index in [1.807, 2.05) is 6.07 Å².